The molecule has 0 aromatic heterocycles. The van der Waals surface area contributed by atoms with Gasteiger partial charge in [-0.3, -0.25) is 0 Å². The van der Waals surface area contributed by atoms with Crippen molar-refractivity contribution in [3.63, 3.8) is 0 Å². The van der Waals surface area contributed by atoms with Gasteiger partial charge in [0.15, 0.2) is 0 Å². The lowest BCUT2D eigenvalue weighted by Crippen LogP contribution is -2.38. The second-order valence-corrected chi connectivity index (χ2v) is 13.0. The minimum atomic E-state index is -0.254. The molecule has 5 rings (SSSR count). The summed E-state index contributed by atoms with van der Waals surface area (Å²) in [6, 6.07) is 37.5. The van der Waals surface area contributed by atoms with Crippen LogP contribution in [0.1, 0.15) is 84.6 Å². The Bertz CT molecular complexity index is 1630. The number of aryl methyl sites for hydroxylation is 4. The molecule has 0 spiro atoms. The third-order valence-corrected chi connectivity index (χ3v) is 8.95. The second-order valence-electron chi connectivity index (χ2n) is 13.0. The molecule has 0 aliphatic heterocycles. The molecule has 0 aliphatic rings. The number of hydrogen-bond acceptors (Lipinski definition) is 4. The normalized spacial score (nSPS) is 11.4. The van der Waals surface area contributed by atoms with E-state index >= 15 is 0 Å². The highest BCUT2D eigenvalue weighted by Gasteiger charge is 2.34. The Morgan fingerprint density at radius 3 is 1.20 bits per heavy atom. The lowest BCUT2D eigenvalue weighted by Gasteiger charge is -2.44. The first-order valence-corrected chi connectivity index (χ1v) is 16.0. The fourth-order valence-electron chi connectivity index (χ4n) is 6.32. The third kappa shape index (κ3) is 6.42. The molecule has 4 heteroatoms. The maximum Gasteiger partial charge on any atom is 0.137 e. The van der Waals surface area contributed by atoms with Crippen molar-refractivity contribution in [2.75, 3.05) is 21.3 Å². The van der Waals surface area contributed by atoms with E-state index in [4.69, 9.17) is 11.5 Å². The van der Waals surface area contributed by atoms with E-state index in [1.54, 1.807) is 0 Å². The molecule has 232 valence electrons. The smallest absolute Gasteiger partial charge is 0.137 e. The molecule has 45 heavy (non-hydrogen) atoms. The largest absolute Gasteiger partial charge is 0.398 e. The lowest BCUT2D eigenvalue weighted by molar-refractivity contribution is 0.681. The third-order valence-electron chi connectivity index (χ3n) is 8.95. The molecular weight excluding hydrogens is 548 g/mol. The standard InChI is InChI=1S/C41H48N4/c1-26(2)32-19-20-37(27(3)4)38(25-32)41(44(33-15-11-9-12-16-33)35-21-28(5)39(42)29(6)22-35)45(34-17-13-10-14-18-34)36-23-30(7)40(43)31(8)24-36/h9-27,41H,42-43H2,1-8H3. The van der Waals surface area contributed by atoms with Crippen molar-refractivity contribution in [2.45, 2.75) is 73.4 Å². The fourth-order valence-corrected chi connectivity index (χ4v) is 6.32. The summed E-state index contributed by atoms with van der Waals surface area (Å²) in [5.41, 5.74) is 27.3. The van der Waals surface area contributed by atoms with Gasteiger partial charge in [-0.25, -0.2) is 0 Å². The van der Waals surface area contributed by atoms with Crippen LogP contribution in [0.15, 0.2) is 103 Å². The quantitative estimate of drug-likeness (QED) is 0.131. The Morgan fingerprint density at radius 1 is 0.444 bits per heavy atom. The van der Waals surface area contributed by atoms with Gasteiger partial charge >= 0.3 is 0 Å². The van der Waals surface area contributed by atoms with Gasteiger partial charge in [0.1, 0.15) is 6.17 Å². The van der Waals surface area contributed by atoms with Crippen molar-refractivity contribution in [3.05, 3.63) is 142 Å². The molecule has 0 saturated heterocycles. The predicted octanol–water partition coefficient (Wildman–Crippen LogP) is 11.0. The van der Waals surface area contributed by atoms with Crippen LogP contribution in [0.4, 0.5) is 34.1 Å². The summed E-state index contributed by atoms with van der Waals surface area (Å²) >= 11 is 0. The maximum atomic E-state index is 6.54. The molecule has 0 heterocycles. The summed E-state index contributed by atoms with van der Waals surface area (Å²) in [5, 5.41) is 0. The number of rotatable bonds is 9. The molecule has 0 saturated carbocycles. The Labute approximate surface area is 270 Å². The van der Waals surface area contributed by atoms with Crippen LogP contribution in [0.5, 0.6) is 0 Å². The maximum absolute atomic E-state index is 6.54. The minimum Gasteiger partial charge on any atom is -0.398 e. The van der Waals surface area contributed by atoms with Gasteiger partial charge in [-0.15, -0.1) is 0 Å². The van der Waals surface area contributed by atoms with E-state index in [0.717, 1.165) is 56.4 Å². The molecular formula is C41H48N4. The van der Waals surface area contributed by atoms with Crippen molar-refractivity contribution in [1.29, 1.82) is 0 Å². The molecule has 0 amide bonds. The van der Waals surface area contributed by atoms with Crippen molar-refractivity contribution < 1.29 is 0 Å². The van der Waals surface area contributed by atoms with Gasteiger partial charge in [-0.2, -0.15) is 0 Å². The summed E-state index contributed by atoms with van der Waals surface area (Å²) in [6.45, 7) is 17.5. The van der Waals surface area contributed by atoms with Crippen LogP contribution >= 0.6 is 0 Å². The van der Waals surface area contributed by atoms with Gasteiger partial charge in [0.2, 0.25) is 0 Å². The van der Waals surface area contributed by atoms with E-state index < -0.39 is 0 Å². The van der Waals surface area contributed by atoms with Gasteiger partial charge in [0.25, 0.3) is 0 Å². The molecule has 0 radical (unpaired) electrons. The van der Waals surface area contributed by atoms with E-state index in [0.29, 0.717) is 11.8 Å². The first-order chi connectivity index (χ1) is 21.5. The zero-order chi connectivity index (χ0) is 32.4. The highest BCUT2D eigenvalue weighted by atomic mass is 15.4. The van der Waals surface area contributed by atoms with Gasteiger partial charge in [0.05, 0.1) is 0 Å². The number of anilines is 6. The highest BCUT2D eigenvalue weighted by Crippen LogP contribution is 2.47. The van der Waals surface area contributed by atoms with E-state index in [-0.39, 0.29) is 6.17 Å². The van der Waals surface area contributed by atoms with E-state index in [1.165, 1.54) is 16.7 Å². The van der Waals surface area contributed by atoms with Crippen LogP contribution in [-0.4, -0.2) is 0 Å². The SMILES string of the molecule is Cc1cc(N(c2ccccc2)C(c2cc(C(C)C)ccc2C(C)C)N(c2ccccc2)c2cc(C)c(N)c(C)c2)cc(C)c1N. The summed E-state index contributed by atoms with van der Waals surface area (Å²) in [5.74, 6) is 0.687. The molecule has 0 unspecified atom stereocenters. The molecule has 5 aromatic carbocycles. The van der Waals surface area contributed by atoms with Crippen LogP contribution < -0.4 is 21.3 Å². The molecule has 5 aromatic rings. The Kier molecular flexibility index (Phi) is 9.24. The highest BCUT2D eigenvalue weighted by molar-refractivity contribution is 5.77. The monoisotopic (exact) mass is 596 g/mol. The number of nitrogens with two attached hydrogens (primary N) is 2. The first-order valence-electron chi connectivity index (χ1n) is 16.0. The summed E-state index contributed by atoms with van der Waals surface area (Å²) in [6.07, 6.45) is -0.254. The Hall–Kier alpha value is -4.70. The molecule has 0 bridgehead atoms. The molecule has 0 aliphatic carbocycles. The van der Waals surface area contributed by atoms with Gasteiger partial charge < -0.3 is 21.3 Å². The number of para-hydroxylation sites is 2. The summed E-state index contributed by atoms with van der Waals surface area (Å²) in [4.78, 5) is 4.97. The zero-order valence-corrected chi connectivity index (χ0v) is 28.1. The van der Waals surface area contributed by atoms with Crippen molar-refractivity contribution in [2.24, 2.45) is 0 Å². The minimum absolute atomic E-state index is 0.254. The predicted molar refractivity (Wildman–Crippen MR) is 195 cm³/mol. The van der Waals surface area contributed by atoms with Crippen LogP contribution in [0.3, 0.4) is 0 Å². The first kappa shape index (κ1) is 31.7. The topological polar surface area (TPSA) is 58.5 Å². The van der Waals surface area contributed by atoms with Gasteiger partial charge in [-0.1, -0.05) is 82.3 Å². The zero-order valence-electron chi connectivity index (χ0n) is 28.1. The second kappa shape index (κ2) is 13.1. The average molecular weight is 597 g/mol. The summed E-state index contributed by atoms with van der Waals surface area (Å²) < 4.78 is 0. The van der Waals surface area contributed by atoms with Crippen molar-refractivity contribution in [1.82, 2.24) is 0 Å². The van der Waals surface area contributed by atoms with Crippen LogP contribution in [0.25, 0.3) is 0 Å². The van der Waals surface area contributed by atoms with E-state index in [1.807, 2.05) is 0 Å². The molecule has 0 atom stereocenters. The van der Waals surface area contributed by atoms with Crippen LogP contribution in [-0.2, 0) is 0 Å². The fraction of sp³-hybridized carbons (Fsp3) is 0.268. The van der Waals surface area contributed by atoms with Crippen molar-refractivity contribution in [3.8, 4) is 0 Å². The number of nitrogens with zero attached hydrogens (tertiary/aromatic N) is 2. The molecule has 4 N–H and O–H groups in total. The van der Waals surface area contributed by atoms with Crippen LogP contribution in [0.2, 0.25) is 0 Å². The Balaban J connectivity index is 1.96. The number of benzene rings is 5. The van der Waals surface area contributed by atoms with Crippen molar-refractivity contribution >= 4 is 34.1 Å². The Morgan fingerprint density at radius 2 is 0.844 bits per heavy atom. The molecule has 0 fully saturated rings. The van der Waals surface area contributed by atoms with Gasteiger partial charge in [-0.05, 0) is 127 Å². The van der Waals surface area contributed by atoms with Crippen LogP contribution in [0, 0.1) is 27.7 Å². The average Bonchev–Trinajstić information content (AvgIpc) is 3.02. The molecule has 4 nitrogen and oxygen atoms in total. The number of nitrogen functional groups attached to an aromatic ring is 2. The van der Waals surface area contributed by atoms with E-state index in [9.17, 15) is 0 Å². The summed E-state index contributed by atoms with van der Waals surface area (Å²) in [7, 11) is 0. The van der Waals surface area contributed by atoms with E-state index in [2.05, 4.69) is 168 Å². The lowest BCUT2D eigenvalue weighted by atomic mass is 9.89. The number of hydrogen-bond donors (Lipinski definition) is 2. The van der Waals surface area contributed by atoms with Gasteiger partial charge in [0, 0.05) is 34.1 Å².